The maximum atomic E-state index is 12.8. The summed E-state index contributed by atoms with van der Waals surface area (Å²) in [5.74, 6) is 0.812. The summed E-state index contributed by atoms with van der Waals surface area (Å²) in [4.78, 5) is 15.1. The minimum absolute atomic E-state index is 0.0151. The zero-order valence-corrected chi connectivity index (χ0v) is 16.6. The Balaban J connectivity index is 1.86. The highest BCUT2D eigenvalue weighted by Crippen LogP contribution is 2.34. The summed E-state index contributed by atoms with van der Waals surface area (Å²) in [6.45, 7) is 10.7. The lowest BCUT2D eigenvalue weighted by molar-refractivity contribution is -0.140. The van der Waals surface area contributed by atoms with Gasteiger partial charge in [0.15, 0.2) is 0 Å². The van der Waals surface area contributed by atoms with Crippen molar-refractivity contribution in [1.82, 2.24) is 4.90 Å². The largest absolute Gasteiger partial charge is 0.492 e. The van der Waals surface area contributed by atoms with E-state index in [1.807, 2.05) is 24.3 Å². The average Bonchev–Trinajstić information content (AvgIpc) is 3.15. The van der Waals surface area contributed by atoms with Crippen LogP contribution in [0.25, 0.3) is 0 Å². The summed E-state index contributed by atoms with van der Waals surface area (Å²) in [7, 11) is 0. The quantitative estimate of drug-likeness (QED) is 0.644. The van der Waals surface area contributed by atoms with Crippen molar-refractivity contribution in [2.75, 3.05) is 38.2 Å². The Morgan fingerprint density at radius 1 is 1.08 bits per heavy atom. The molecule has 5 heteroatoms. The predicted octanol–water partition coefficient (Wildman–Crippen LogP) is 4.09. The summed E-state index contributed by atoms with van der Waals surface area (Å²) < 4.78 is 11.7. The number of rotatable bonds is 11. The van der Waals surface area contributed by atoms with Gasteiger partial charge in [0.25, 0.3) is 5.91 Å². The molecular formula is C21H34N2O3. The number of amides is 1. The minimum Gasteiger partial charge on any atom is -0.492 e. The summed E-state index contributed by atoms with van der Waals surface area (Å²) in [6.07, 6.45) is 4.65. The first-order chi connectivity index (χ1) is 12.6. The standard InChI is InChI=1S/C21H34N2O3/c1-4-16-26-21(13-7-8-14-21)20(24)22-18-9-11-19(12-10-18)25-17-15-23(5-2)6-3/h9-12H,4-8,13-17H2,1-3H3,(H,22,24). The van der Waals surface area contributed by atoms with Crippen LogP contribution in [0.3, 0.4) is 0 Å². The number of anilines is 1. The van der Waals surface area contributed by atoms with E-state index < -0.39 is 5.60 Å². The van der Waals surface area contributed by atoms with Gasteiger partial charge in [-0.15, -0.1) is 0 Å². The molecule has 0 bridgehead atoms. The van der Waals surface area contributed by atoms with Gasteiger partial charge in [-0.25, -0.2) is 0 Å². The van der Waals surface area contributed by atoms with Crippen LogP contribution in [0.4, 0.5) is 5.69 Å². The normalized spacial score (nSPS) is 16.0. The lowest BCUT2D eigenvalue weighted by Crippen LogP contribution is -2.43. The van der Waals surface area contributed by atoms with Crippen molar-refractivity contribution in [1.29, 1.82) is 0 Å². The van der Waals surface area contributed by atoms with E-state index in [4.69, 9.17) is 9.47 Å². The first-order valence-corrected chi connectivity index (χ1v) is 10.0. The summed E-state index contributed by atoms with van der Waals surface area (Å²) >= 11 is 0. The molecule has 5 nitrogen and oxygen atoms in total. The Morgan fingerprint density at radius 3 is 2.31 bits per heavy atom. The highest BCUT2D eigenvalue weighted by Gasteiger charge is 2.42. The average molecular weight is 363 g/mol. The van der Waals surface area contributed by atoms with E-state index in [1.54, 1.807) is 0 Å². The maximum absolute atomic E-state index is 12.8. The lowest BCUT2D eigenvalue weighted by Gasteiger charge is -2.28. The number of carbonyl (C=O) groups is 1. The van der Waals surface area contributed by atoms with Crippen LogP contribution in [0.5, 0.6) is 5.75 Å². The van der Waals surface area contributed by atoms with Crippen molar-refractivity contribution < 1.29 is 14.3 Å². The topological polar surface area (TPSA) is 50.8 Å². The van der Waals surface area contributed by atoms with Gasteiger partial charge in [0, 0.05) is 18.8 Å². The molecule has 1 aliphatic rings. The third-order valence-electron chi connectivity index (χ3n) is 5.09. The number of likely N-dealkylation sites (N-methyl/N-ethyl adjacent to an activating group) is 1. The Bertz CT molecular complexity index is 535. The molecule has 1 N–H and O–H groups in total. The molecule has 1 aliphatic carbocycles. The van der Waals surface area contributed by atoms with E-state index in [9.17, 15) is 4.79 Å². The van der Waals surface area contributed by atoms with Crippen molar-refractivity contribution in [2.24, 2.45) is 0 Å². The van der Waals surface area contributed by atoms with E-state index >= 15 is 0 Å². The molecule has 0 radical (unpaired) electrons. The molecule has 1 aromatic rings. The first-order valence-electron chi connectivity index (χ1n) is 10.0. The van der Waals surface area contributed by atoms with Crippen LogP contribution in [0, 0.1) is 0 Å². The second kappa shape index (κ2) is 10.5. The van der Waals surface area contributed by atoms with E-state index in [2.05, 4.69) is 31.0 Å². The molecule has 0 aliphatic heterocycles. The molecule has 0 unspecified atom stereocenters. The monoisotopic (exact) mass is 362 g/mol. The molecule has 0 saturated heterocycles. The van der Waals surface area contributed by atoms with Crippen molar-refractivity contribution >= 4 is 11.6 Å². The SMILES string of the molecule is CCCOC1(C(=O)Nc2ccc(OCCN(CC)CC)cc2)CCCC1. The minimum atomic E-state index is -0.644. The molecule has 146 valence electrons. The van der Waals surface area contributed by atoms with Gasteiger partial charge in [0.2, 0.25) is 0 Å². The maximum Gasteiger partial charge on any atom is 0.256 e. The van der Waals surface area contributed by atoms with Crippen LogP contribution >= 0.6 is 0 Å². The van der Waals surface area contributed by atoms with E-state index in [0.29, 0.717) is 13.2 Å². The molecular weight excluding hydrogens is 328 g/mol. The van der Waals surface area contributed by atoms with Gasteiger partial charge in [0.05, 0.1) is 0 Å². The van der Waals surface area contributed by atoms with Crippen molar-refractivity contribution in [3.8, 4) is 5.75 Å². The van der Waals surface area contributed by atoms with Gasteiger partial charge in [0.1, 0.15) is 18.0 Å². The zero-order valence-electron chi connectivity index (χ0n) is 16.6. The smallest absolute Gasteiger partial charge is 0.256 e. The van der Waals surface area contributed by atoms with Crippen LogP contribution in [0.15, 0.2) is 24.3 Å². The molecule has 26 heavy (non-hydrogen) atoms. The number of ether oxygens (including phenoxy) is 2. The van der Waals surface area contributed by atoms with Crippen LogP contribution < -0.4 is 10.1 Å². The van der Waals surface area contributed by atoms with E-state index in [1.165, 1.54) is 0 Å². The van der Waals surface area contributed by atoms with Crippen LogP contribution in [-0.2, 0) is 9.53 Å². The molecule has 0 atom stereocenters. The molecule has 0 heterocycles. The number of benzene rings is 1. The summed E-state index contributed by atoms with van der Waals surface area (Å²) in [6, 6.07) is 7.61. The Hall–Kier alpha value is -1.59. The molecule has 2 rings (SSSR count). The first kappa shape index (κ1) is 20.7. The molecule has 1 amide bonds. The highest BCUT2D eigenvalue weighted by molar-refractivity contribution is 5.97. The highest BCUT2D eigenvalue weighted by atomic mass is 16.5. The summed E-state index contributed by atoms with van der Waals surface area (Å²) in [5, 5.41) is 3.03. The molecule has 1 aromatic carbocycles. The molecule has 0 spiro atoms. The van der Waals surface area contributed by atoms with Gasteiger partial charge in [-0.3, -0.25) is 4.79 Å². The van der Waals surface area contributed by atoms with Gasteiger partial charge >= 0.3 is 0 Å². The summed E-state index contributed by atoms with van der Waals surface area (Å²) in [5.41, 5.74) is 0.145. The third kappa shape index (κ3) is 5.71. The van der Waals surface area contributed by atoms with Gasteiger partial charge in [-0.05, 0) is 69.5 Å². The fourth-order valence-corrected chi connectivity index (χ4v) is 3.39. The fourth-order valence-electron chi connectivity index (χ4n) is 3.39. The van der Waals surface area contributed by atoms with Crippen LogP contribution in [0.2, 0.25) is 0 Å². The van der Waals surface area contributed by atoms with Crippen molar-refractivity contribution in [3.05, 3.63) is 24.3 Å². The van der Waals surface area contributed by atoms with E-state index in [0.717, 1.165) is 63.2 Å². The van der Waals surface area contributed by atoms with Crippen LogP contribution in [0.1, 0.15) is 52.9 Å². The van der Waals surface area contributed by atoms with Crippen LogP contribution in [-0.4, -0.2) is 49.3 Å². The number of hydrogen-bond acceptors (Lipinski definition) is 4. The van der Waals surface area contributed by atoms with Crippen molar-refractivity contribution in [3.63, 3.8) is 0 Å². The number of carbonyl (C=O) groups excluding carboxylic acids is 1. The van der Waals surface area contributed by atoms with Gasteiger partial charge in [-0.1, -0.05) is 20.8 Å². The van der Waals surface area contributed by atoms with E-state index in [-0.39, 0.29) is 5.91 Å². The Labute approximate surface area is 158 Å². The predicted molar refractivity (Wildman–Crippen MR) is 106 cm³/mol. The second-order valence-electron chi connectivity index (χ2n) is 6.90. The Morgan fingerprint density at radius 2 is 1.73 bits per heavy atom. The third-order valence-corrected chi connectivity index (χ3v) is 5.09. The second-order valence-corrected chi connectivity index (χ2v) is 6.90. The number of nitrogens with one attached hydrogen (secondary N) is 1. The number of nitrogens with zero attached hydrogens (tertiary/aromatic N) is 1. The Kier molecular flexibility index (Phi) is 8.39. The van der Waals surface area contributed by atoms with Gasteiger partial charge < -0.3 is 19.7 Å². The molecule has 1 saturated carbocycles. The van der Waals surface area contributed by atoms with Gasteiger partial charge in [-0.2, -0.15) is 0 Å². The fraction of sp³-hybridized carbons (Fsp3) is 0.667. The zero-order chi connectivity index (χ0) is 18.8. The molecule has 0 aromatic heterocycles. The lowest BCUT2D eigenvalue weighted by atomic mass is 10.0. The van der Waals surface area contributed by atoms with Crippen molar-refractivity contribution in [2.45, 2.75) is 58.5 Å². The molecule has 1 fully saturated rings. The number of hydrogen-bond donors (Lipinski definition) is 1.